The first-order chi connectivity index (χ1) is 13.9. The molecule has 0 aliphatic carbocycles. The van der Waals surface area contributed by atoms with Crippen molar-refractivity contribution in [2.45, 2.75) is 38.3 Å². The summed E-state index contributed by atoms with van der Waals surface area (Å²) in [4.78, 5) is 55.6. The van der Waals surface area contributed by atoms with Crippen LogP contribution in [0.2, 0.25) is 0 Å². The van der Waals surface area contributed by atoms with Crippen molar-refractivity contribution in [2.75, 3.05) is 31.6 Å². The summed E-state index contributed by atoms with van der Waals surface area (Å²) in [5.41, 5.74) is -0.767. The lowest BCUT2D eigenvalue weighted by molar-refractivity contribution is -0.162. The van der Waals surface area contributed by atoms with Crippen LogP contribution < -0.4 is 4.90 Å². The third-order valence-electron chi connectivity index (χ3n) is 6.21. The zero-order valence-electron chi connectivity index (χ0n) is 16.7. The van der Waals surface area contributed by atoms with Crippen molar-refractivity contribution >= 4 is 29.4 Å². The van der Waals surface area contributed by atoms with Crippen molar-refractivity contribution in [1.82, 2.24) is 9.80 Å². The van der Waals surface area contributed by atoms with Gasteiger partial charge in [-0.3, -0.25) is 19.3 Å². The summed E-state index contributed by atoms with van der Waals surface area (Å²) in [5, 5.41) is 0. The number of likely N-dealkylation sites (N-methyl/N-ethyl adjacent to an activating group) is 1. The van der Waals surface area contributed by atoms with Gasteiger partial charge in [0.15, 0.2) is 6.61 Å². The second-order valence-electron chi connectivity index (χ2n) is 8.09. The highest BCUT2D eigenvalue weighted by Crippen LogP contribution is 2.44. The predicted octanol–water partition coefficient (Wildman–Crippen LogP) is 1.40. The Balaban J connectivity index is 1.57. The van der Waals surface area contributed by atoms with E-state index in [1.165, 1.54) is 16.8 Å². The minimum atomic E-state index is -1.54. The van der Waals surface area contributed by atoms with Crippen molar-refractivity contribution in [3.8, 4) is 0 Å². The number of hydrogen-bond donors (Lipinski definition) is 0. The van der Waals surface area contributed by atoms with Gasteiger partial charge in [0.25, 0.3) is 11.8 Å². The van der Waals surface area contributed by atoms with Crippen LogP contribution in [-0.2, 0) is 19.1 Å². The molecule has 3 aliphatic heterocycles. The lowest BCUT2D eigenvalue weighted by Gasteiger charge is -2.46. The highest BCUT2D eigenvalue weighted by atomic mass is 16.5. The van der Waals surface area contributed by atoms with Crippen molar-refractivity contribution in [3.05, 3.63) is 29.8 Å². The van der Waals surface area contributed by atoms with E-state index in [9.17, 15) is 19.2 Å². The fourth-order valence-corrected chi connectivity index (χ4v) is 4.64. The van der Waals surface area contributed by atoms with Crippen molar-refractivity contribution in [2.24, 2.45) is 5.92 Å². The summed E-state index contributed by atoms with van der Waals surface area (Å²) in [7, 11) is 1.50. The molecule has 3 aliphatic rings. The molecular weight excluding hydrogens is 374 g/mol. The first-order valence-corrected chi connectivity index (χ1v) is 10.0. The summed E-state index contributed by atoms with van der Waals surface area (Å²) in [6.45, 7) is 3.01. The Morgan fingerprint density at radius 2 is 2.00 bits per heavy atom. The van der Waals surface area contributed by atoms with Gasteiger partial charge in [0.05, 0.1) is 11.3 Å². The number of carbonyl (C=O) groups is 4. The molecule has 1 aromatic rings. The van der Waals surface area contributed by atoms with Crippen LogP contribution in [0.5, 0.6) is 0 Å². The van der Waals surface area contributed by atoms with E-state index in [0.29, 0.717) is 30.3 Å². The van der Waals surface area contributed by atoms with Crippen LogP contribution in [0.3, 0.4) is 0 Å². The number of rotatable bonds is 3. The number of nitrogens with zero attached hydrogens (tertiary/aromatic N) is 3. The molecule has 0 spiro atoms. The quantitative estimate of drug-likeness (QED) is 0.717. The Labute approximate surface area is 169 Å². The fraction of sp³-hybridized carbons (Fsp3) is 0.524. The zero-order valence-corrected chi connectivity index (χ0v) is 16.7. The molecule has 1 aromatic carbocycles. The number of para-hydroxylation sites is 1. The van der Waals surface area contributed by atoms with E-state index in [4.69, 9.17) is 4.74 Å². The van der Waals surface area contributed by atoms with Gasteiger partial charge in [-0.25, -0.2) is 4.79 Å². The van der Waals surface area contributed by atoms with E-state index in [-0.39, 0.29) is 37.2 Å². The van der Waals surface area contributed by atoms with Gasteiger partial charge < -0.3 is 14.5 Å². The minimum Gasteiger partial charge on any atom is -0.452 e. The number of amides is 3. The molecule has 3 amide bonds. The lowest BCUT2D eigenvalue weighted by Crippen LogP contribution is -2.67. The van der Waals surface area contributed by atoms with Crippen LogP contribution >= 0.6 is 0 Å². The summed E-state index contributed by atoms with van der Waals surface area (Å²) < 4.78 is 5.40. The number of piperidine rings is 1. The van der Waals surface area contributed by atoms with Gasteiger partial charge in [0, 0.05) is 33.0 Å². The van der Waals surface area contributed by atoms with E-state index in [0.717, 1.165) is 12.8 Å². The number of esters is 1. The SMILES string of the molecule is C[C@H]1CCCN(C(=O)COC(=O)[C@@]23CCC(=O)N2c2ccccc2C(=O)N3C)C1. The maximum absolute atomic E-state index is 13.2. The standard InChI is InChI=1S/C21H25N3O5/c1-14-6-5-11-23(12-14)18(26)13-29-20(28)21-10-9-17(25)24(21)16-8-4-3-7-15(16)19(27)22(21)2/h3-4,7-8,14H,5-6,9-13H2,1-2H3/t14-,21+/m0/s1. The van der Waals surface area contributed by atoms with Crippen molar-refractivity contribution in [3.63, 3.8) is 0 Å². The van der Waals surface area contributed by atoms with Gasteiger partial charge >= 0.3 is 5.97 Å². The van der Waals surface area contributed by atoms with E-state index < -0.39 is 11.6 Å². The monoisotopic (exact) mass is 399 g/mol. The number of carbonyl (C=O) groups excluding carboxylic acids is 4. The van der Waals surface area contributed by atoms with Gasteiger partial charge in [-0.05, 0) is 30.9 Å². The smallest absolute Gasteiger partial charge is 0.354 e. The first kappa shape index (κ1) is 19.4. The predicted molar refractivity (Wildman–Crippen MR) is 104 cm³/mol. The summed E-state index contributed by atoms with van der Waals surface area (Å²) in [6, 6.07) is 6.73. The van der Waals surface area contributed by atoms with Gasteiger partial charge in [-0.15, -0.1) is 0 Å². The Morgan fingerprint density at radius 3 is 2.76 bits per heavy atom. The fourth-order valence-electron chi connectivity index (χ4n) is 4.64. The molecule has 0 saturated carbocycles. The highest BCUT2D eigenvalue weighted by molar-refractivity contribution is 6.15. The van der Waals surface area contributed by atoms with Gasteiger partial charge in [0.1, 0.15) is 0 Å². The Hall–Kier alpha value is -2.90. The number of benzene rings is 1. The second-order valence-corrected chi connectivity index (χ2v) is 8.09. The van der Waals surface area contributed by atoms with Gasteiger partial charge in [-0.1, -0.05) is 19.1 Å². The molecule has 2 atom stereocenters. The molecule has 154 valence electrons. The number of fused-ring (bicyclic) bond motifs is 3. The molecule has 2 fully saturated rings. The van der Waals surface area contributed by atoms with Crippen LogP contribution in [0.25, 0.3) is 0 Å². The molecule has 4 rings (SSSR count). The van der Waals surface area contributed by atoms with E-state index in [1.807, 2.05) is 0 Å². The van der Waals surface area contributed by atoms with Gasteiger partial charge in [0.2, 0.25) is 11.6 Å². The number of hydrogen-bond acceptors (Lipinski definition) is 5. The third-order valence-corrected chi connectivity index (χ3v) is 6.21. The number of likely N-dealkylation sites (tertiary alicyclic amines) is 1. The molecule has 0 unspecified atom stereocenters. The Morgan fingerprint density at radius 1 is 1.24 bits per heavy atom. The molecule has 3 heterocycles. The van der Waals surface area contributed by atoms with Crippen LogP contribution in [0.1, 0.15) is 43.0 Å². The van der Waals surface area contributed by atoms with Crippen LogP contribution in [0.4, 0.5) is 5.69 Å². The summed E-state index contributed by atoms with van der Waals surface area (Å²) in [6.07, 6.45) is 2.27. The van der Waals surface area contributed by atoms with E-state index in [2.05, 4.69) is 6.92 Å². The third kappa shape index (κ3) is 2.97. The van der Waals surface area contributed by atoms with Crippen LogP contribution in [0, 0.1) is 5.92 Å². The van der Waals surface area contributed by atoms with Crippen LogP contribution in [-0.4, -0.2) is 65.9 Å². The Kier molecular flexibility index (Phi) is 4.80. The number of ether oxygens (including phenoxy) is 1. The molecular formula is C21H25N3O5. The van der Waals surface area contributed by atoms with Crippen molar-refractivity contribution in [1.29, 1.82) is 0 Å². The molecule has 29 heavy (non-hydrogen) atoms. The molecule has 0 radical (unpaired) electrons. The zero-order chi connectivity index (χ0) is 20.8. The average Bonchev–Trinajstić information content (AvgIpc) is 3.08. The van der Waals surface area contributed by atoms with Gasteiger partial charge in [-0.2, -0.15) is 0 Å². The summed E-state index contributed by atoms with van der Waals surface area (Å²) >= 11 is 0. The molecule has 0 aromatic heterocycles. The topological polar surface area (TPSA) is 87.2 Å². The van der Waals surface area contributed by atoms with E-state index in [1.54, 1.807) is 29.2 Å². The maximum Gasteiger partial charge on any atom is 0.354 e. The van der Waals surface area contributed by atoms with Crippen LogP contribution in [0.15, 0.2) is 24.3 Å². The molecule has 2 saturated heterocycles. The largest absolute Gasteiger partial charge is 0.452 e. The minimum absolute atomic E-state index is 0.124. The first-order valence-electron chi connectivity index (χ1n) is 10.0. The maximum atomic E-state index is 13.2. The lowest BCUT2D eigenvalue weighted by atomic mass is 9.97. The Bertz CT molecular complexity index is 885. The molecule has 8 nitrogen and oxygen atoms in total. The van der Waals surface area contributed by atoms with Crippen molar-refractivity contribution < 1.29 is 23.9 Å². The normalized spacial score (nSPS) is 26.3. The summed E-state index contributed by atoms with van der Waals surface area (Å²) in [5.74, 6) is -1.16. The molecule has 8 heteroatoms. The molecule has 0 N–H and O–H groups in total. The highest BCUT2D eigenvalue weighted by Gasteiger charge is 2.60. The van der Waals surface area contributed by atoms with E-state index >= 15 is 0 Å². The molecule has 0 bridgehead atoms. The average molecular weight is 399 g/mol. The number of anilines is 1. The second kappa shape index (κ2) is 7.17.